The molecule has 0 saturated carbocycles. The summed E-state index contributed by atoms with van der Waals surface area (Å²) in [5, 5.41) is 15.7. The SMILES string of the molecule is Cc1ccc(-n2c(-c3cc(C(C)(C)C)cc(C(C)(C)C)c3O)nc3c(-c4[c-]c5c6nccc(C)c6c6cc7ccccc7n6c5c(C)c4)cccc32)c(-c2ccccc2)c1.[Pt]. The third kappa shape index (κ3) is 6.48. The Hall–Kier alpha value is -6.03. The van der Waals surface area contributed by atoms with E-state index in [2.05, 4.69) is 199 Å². The van der Waals surface area contributed by atoms with Crippen LogP contribution in [0.4, 0.5) is 0 Å². The molecule has 0 bridgehead atoms. The average Bonchev–Trinajstić information content (AvgIpc) is 3.79. The minimum absolute atomic E-state index is 0. The van der Waals surface area contributed by atoms with E-state index in [1.54, 1.807) is 0 Å². The number of imidazole rings is 1. The van der Waals surface area contributed by atoms with E-state index in [1.165, 1.54) is 16.5 Å². The molecule has 0 radical (unpaired) electrons. The summed E-state index contributed by atoms with van der Waals surface area (Å²) in [6.45, 7) is 19.7. The second kappa shape index (κ2) is 14.6. The first-order valence-corrected chi connectivity index (χ1v) is 20.9. The molecule has 0 fully saturated rings. The van der Waals surface area contributed by atoms with Gasteiger partial charge < -0.3 is 9.51 Å². The molecule has 10 aromatic rings. The Morgan fingerprint density at radius 3 is 2.11 bits per heavy atom. The van der Waals surface area contributed by atoms with Gasteiger partial charge in [-0.3, -0.25) is 9.55 Å². The van der Waals surface area contributed by atoms with Crippen molar-refractivity contribution in [2.75, 3.05) is 0 Å². The molecule has 0 aliphatic rings. The van der Waals surface area contributed by atoms with Crippen LogP contribution in [0.25, 0.3) is 88.6 Å². The van der Waals surface area contributed by atoms with E-state index in [0.29, 0.717) is 11.4 Å². The molecule has 0 amide bonds. The first-order valence-electron chi connectivity index (χ1n) is 20.9. The summed E-state index contributed by atoms with van der Waals surface area (Å²) in [5.41, 5.74) is 17.0. The van der Waals surface area contributed by atoms with Crippen molar-refractivity contribution in [1.29, 1.82) is 0 Å². The number of para-hydroxylation sites is 2. The quantitative estimate of drug-likeness (QED) is 0.141. The molecule has 0 atom stereocenters. The molecule has 4 heterocycles. The van der Waals surface area contributed by atoms with E-state index in [9.17, 15) is 5.11 Å². The standard InChI is InChI=1S/C55H49N4O.Pt/c1-32-22-23-45(40(26-32)35-16-11-10-12-17-35)59-46-21-15-19-39(49(46)57-53(59)42-30-38(54(4,5)6)31-43(52(42)60)55(7,8)9)37-27-34(3)51-41(28-37)50-48(33(2)24-25-56-50)47-29-36-18-13-14-20-44(36)58(47)51;/h10-27,29-31,60H,1-9H3;/q-1;. The molecule has 0 spiro atoms. The van der Waals surface area contributed by atoms with E-state index in [0.717, 1.165) is 88.5 Å². The van der Waals surface area contributed by atoms with Gasteiger partial charge in [-0.2, -0.15) is 0 Å². The predicted molar refractivity (Wildman–Crippen MR) is 251 cm³/mol. The molecule has 306 valence electrons. The third-order valence-corrected chi connectivity index (χ3v) is 12.3. The number of fused-ring (bicyclic) bond motifs is 9. The summed E-state index contributed by atoms with van der Waals surface area (Å²) in [4.78, 5) is 10.7. The van der Waals surface area contributed by atoms with Crippen LogP contribution in [0.5, 0.6) is 5.75 Å². The van der Waals surface area contributed by atoms with E-state index >= 15 is 0 Å². The summed E-state index contributed by atoms with van der Waals surface area (Å²) in [6, 6.07) is 47.1. The van der Waals surface area contributed by atoms with Gasteiger partial charge in [0, 0.05) is 54.9 Å². The Bertz CT molecular complexity index is 3380. The van der Waals surface area contributed by atoms with Gasteiger partial charge in [0.2, 0.25) is 0 Å². The molecule has 10 rings (SSSR count). The van der Waals surface area contributed by atoms with Crippen molar-refractivity contribution in [3.05, 3.63) is 161 Å². The Labute approximate surface area is 372 Å². The average molecular weight is 977 g/mol. The first kappa shape index (κ1) is 40.4. The normalized spacial score (nSPS) is 12.3. The molecule has 1 N–H and O–H groups in total. The van der Waals surface area contributed by atoms with Crippen molar-refractivity contribution in [2.45, 2.75) is 73.1 Å². The maximum Gasteiger partial charge on any atom is 0.148 e. The monoisotopic (exact) mass is 976 g/mol. The number of rotatable bonds is 4. The van der Waals surface area contributed by atoms with Gasteiger partial charge in [0.05, 0.1) is 22.3 Å². The number of phenols is 1. The van der Waals surface area contributed by atoms with Crippen molar-refractivity contribution >= 4 is 49.3 Å². The fourth-order valence-corrected chi connectivity index (χ4v) is 9.21. The molecule has 0 aliphatic carbocycles. The van der Waals surface area contributed by atoms with Crippen LogP contribution >= 0.6 is 0 Å². The van der Waals surface area contributed by atoms with Crippen LogP contribution in [-0.2, 0) is 31.9 Å². The number of aromatic nitrogens is 4. The molecular weight excluding hydrogens is 928 g/mol. The molecule has 6 aromatic carbocycles. The summed E-state index contributed by atoms with van der Waals surface area (Å²) < 4.78 is 4.66. The summed E-state index contributed by atoms with van der Waals surface area (Å²) in [5.74, 6) is 0.944. The number of aryl methyl sites for hydroxylation is 3. The van der Waals surface area contributed by atoms with Gasteiger partial charge in [-0.1, -0.05) is 143 Å². The zero-order valence-corrected chi connectivity index (χ0v) is 38.4. The fraction of sp³-hybridized carbons (Fsp3) is 0.200. The van der Waals surface area contributed by atoms with Gasteiger partial charge in [-0.15, -0.1) is 17.7 Å². The zero-order chi connectivity index (χ0) is 41.8. The van der Waals surface area contributed by atoms with Crippen LogP contribution in [0.15, 0.2) is 128 Å². The van der Waals surface area contributed by atoms with Crippen molar-refractivity contribution in [1.82, 2.24) is 18.9 Å². The number of hydrogen-bond acceptors (Lipinski definition) is 3. The number of nitrogens with zero attached hydrogens (tertiary/aromatic N) is 4. The Kier molecular flexibility index (Phi) is 9.64. The van der Waals surface area contributed by atoms with E-state index in [-0.39, 0.29) is 37.6 Å². The zero-order valence-electron chi connectivity index (χ0n) is 36.2. The number of phenolic OH excluding ortho intramolecular Hbond substituents is 1. The largest absolute Gasteiger partial charge is 0.507 e. The van der Waals surface area contributed by atoms with Crippen molar-refractivity contribution in [2.24, 2.45) is 0 Å². The molecule has 0 aliphatic heterocycles. The molecular formula is C55H49N4OPt-. The molecule has 0 unspecified atom stereocenters. The van der Waals surface area contributed by atoms with E-state index in [4.69, 9.17) is 9.97 Å². The maximum absolute atomic E-state index is 12.4. The smallest absolute Gasteiger partial charge is 0.148 e. The van der Waals surface area contributed by atoms with Crippen LogP contribution in [0, 0.1) is 26.8 Å². The molecule has 0 saturated heterocycles. The molecule has 4 aromatic heterocycles. The van der Waals surface area contributed by atoms with Crippen LogP contribution in [0.2, 0.25) is 0 Å². The van der Waals surface area contributed by atoms with Gasteiger partial charge in [-0.25, -0.2) is 4.98 Å². The van der Waals surface area contributed by atoms with Gasteiger partial charge in [0.1, 0.15) is 11.6 Å². The Morgan fingerprint density at radius 1 is 0.623 bits per heavy atom. The van der Waals surface area contributed by atoms with E-state index in [1.807, 2.05) is 6.20 Å². The number of hydrogen-bond donors (Lipinski definition) is 1. The maximum atomic E-state index is 12.4. The third-order valence-electron chi connectivity index (χ3n) is 12.3. The topological polar surface area (TPSA) is 55.3 Å². The van der Waals surface area contributed by atoms with Gasteiger partial charge in [-0.05, 0) is 100 Å². The van der Waals surface area contributed by atoms with E-state index < -0.39 is 0 Å². The second-order valence-corrected chi connectivity index (χ2v) is 18.6. The van der Waals surface area contributed by atoms with Crippen molar-refractivity contribution < 1.29 is 26.2 Å². The first-order chi connectivity index (χ1) is 28.7. The number of benzene rings is 6. The molecule has 61 heavy (non-hydrogen) atoms. The summed E-state index contributed by atoms with van der Waals surface area (Å²) in [6.07, 6.45) is 1.91. The number of aromatic hydroxyl groups is 1. The summed E-state index contributed by atoms with van der Waals surface area (Å²) in [7, 11) is 0. The Balaban J connectivity index is 0.00000476. The van der Waals surface area contributed by atoms with Gasteiger partial charge >= 0.3 is 0 Å². The molecule has 5 nitrogen and oxygen atoms in total. The second-order valence-electron chi connectivity index (χ2n) is 18.6. The van der Waals surface area contributed by atoms with Crippen LogP contribution in [0.1, 0.15) is 69.4 Å². The predicted octanol–water partition coefficient (Wildman–Crippen LogP) is 14.2. The van der Waals surface area contributed by atoms with Crippen molar-refractivity contribution in [3.63, 3.8) is 0 Å². The van der Waals surface area contributed by atoms with Gasteiger partial charge in [0.25, 0.3) is 0 Å². The van der Waals surface area contributed by atoms with Crippen molar-refractivity contribution in [3.8, 4) is 45.1 Å². The summed E-state index contributed by atoms with van der Waals surface area (Å²) >= 11 is 0. The fourth-order valence-electron chi connectivity index (χ4n) is 9.21. The number of pyridine rings is 2. The minimum atomic E-state index is -0.315. The van der Waals surface area contributed by atoms with Crippen LogP contribution in [0.3, 0.4) is 0 Å². The molecule has 6 heteroatoms. The van der Waals surface area contributed by atoms with Crippen LogP contribution < -0.4 is 0 Å². The van der Waals surface area contributed by atoms with Crippen LogP contribution in [-0.4, -0.2) is 24.0 Å². The van der Waals surface area contributed by atoms with Gasteiger partial charge in [0.15, 0.2) is 0 Å². The Morgan fingerprint density at radius 2 is 1.36 bits per heavy atom. The minimum Gasteiger partial charge on any atom is -0.507 e.